The Hall–Kier alpha value is -0.120. The van der Waals surface area contributed by atoms with Crippen LogP contribution in [-0.4, -0.2) is 50.8 Å². The smallest absolute Gasteiger partial charge is 0.0468 e. The normalized spacial score (nSPS) is 35.7. The Labute approximate surface area is 112 Å². The maximum atomic E-state index is 5.23. The summed E-state index contributed by atoms with van der Waals surface area (Å²) in [5.41, 5.74) is 0.572. The molecule has 0 radical (unpaired) electrons. The molecule has 0 amide bonds. The van der Waals surface area contributed by atoms with Crippen molar-refractivity contribution in [3.8, 4) is 0 Å². The summed E-state index contributed by atoms with van der Waals surface area (Å²) >= 11 is 0. The van der Waals surface area contributed by atoms with Crippen molar-refractivity contribution in [3.05, 3.63) is 0 Å². The van der Waals surface area contributed by atoms with E-state index >= 15 is 0 Å². The minimum atomic E-state index is 0.572. The van der Waals surface area contributed by atoms with Gasteiger partial charge in [-0.1, -0.05) is 6.92 Å². The lowest BCUT2D eigenvalue weighted by Gasteiger charge is -2.40. The number of likely N-dealkylation sites (tertiary alicyclic amines) is 1. The number of piperidine rings is 1. The zero-order valence-electron chi connectivity index (χ0n) is 12.5. The number of nitrogens with zero attached hydrogens (tertiary/aromatic N) is 1. The molecule has 0 spiro atoms. The molecule has 18 heavy (non-hydrogen) atoms. The Kier molecular flexibility index (Phi) is 4.68. The van der Waals surface area contributed by atoms with Crippen LogP contribution in [0.3, 0.4) is 0 Å². The summed E-state index contributed by atoms with van der Waals surface area (Å²) in [5.74, 6) is 0.768. The van der Waals surface area contributed by atoms with E-state index in [0.717, 1.165) is 12.5 Å². The van der Waals surface area contributed by atoms with Gasteiger partial charge >= 0.3 is 0 Å². The molecule has 1 heterocycles. The van der Waals surface area contributed by atoms with Crippen molar-refractivity contribution in [3.63, 3.8) is 0 Å². The average Bonchev–Trinajstić information content (AvgIpc) is 3.10. The number of hydrogen-bond donors (Lipinski definition) is 1. The van der Waals surface area contributed by atoms with Crippen LogP contribution >= 0.6 is 0 Å². The second-order valence-corrected chi connectivity index (χ2v) is 6.73. The highest BCUT2D eigenvalue weighted by Crippen LogP contribution is 2.48. The first-order valence-electron chi connectivity index (χ1n) is 7.49. The van der Waals surface area contributed by atoms with Gasteiger partial charge in [-0.2, -0.15) is 0 Å². The van der Waals surface area contributed by atoms with E-state index in [1.807, 2.05) is 7.11 Å². The molecule has 0 bridgehead atoms. The standard InChI is InChI=1S/C15H30N2O/c1-12-10-17(3)13(2)9-14(12)16-11-15(5-6-15)7-8-18-4/h12-14,16H,5-11H2,1-4H3. The fourth-order valence-electron chi connectivity index (χ4n) is 3.18. The highest BCUT2D eigenvalue weighted by molar-refractivity contribution is 4.96. The van der Waals surface area contributed by atoms with E-state index in [-0.39, 0.29) is 0 Å². The SMILES string of the molecule is COCCC1(CNC2CC(C)N(C)CC2C)CC1. The third kappa shape index (κ3) is 3.46. The summed E-state index contributed by atoms with van der Waals surface area (Å²) in [4.78, 5) is 2.49. The number of methoxy groups -OCH3 is 1. The first kappa shape index (κ1) is 14.3. The minimum absolute atomic E-state index is 0.572. The minimum Gasteiger partial charge on any atom is -0.385 e. The van der Waals surface area contributed by atoms with Crippen molar-refractivity contribution < 1.29 is 4.74 Å². The van der Waals surface area contributed by atoms with Gasteiger partial charge in [0.05, 0.1) is 0 Å². The van der Waals surface area contributed by atoms with Crippen LogP contribution in [0.25, 0.3) is 0 Å². The molecule has 3 atom stereocenters. The van der Waals surface area contributed by atoms with Crippen LogP contribution in [0.1, 0.15) is 39.5 Å². The third-order valence-corrected chi connectivity index (χ3v) is 5.14. The highest BCUT2D eigenvalue weighted by Gasteiger charge is 2.42. The molecule has 106 valence electrons. The predicted octanol–water partition coefficient (Wildman–Crippen LogP) is 2.12. The van der Waals surface area contributed by atoms with Gasteiger partial charge in [-0.05, 0) is 51.0 Å². The molecule has 2 rings (SSSR count). The Bertz CT molecular complexity index is 265. The van der Waals surface area contributed by atoms with Crippen LogP contribution in [0.15, 0.2) is 0 Å². The van der Waals surface area contributed by atoms with Crippen LogP contribution in [0.2, 0.25) is 0 Å². The summed E-state index contributed by atoms with van der Waals surface area (Å²) in [6, 6.07) is 1.42. The van der Waals surface area contributed by atoms with Crippen LogP contribution in [0.4, 0.5) is 0 Å². The molecule has 1 aliphatic carbocycles. The van der Waals surface area contributed by atoms with Gasteiger partial charge in [0, 0.05) is 38.9 Å². The van der Waals surface area contributed by atoms with E-state index in [2.05, 4.69) is 31.1 Å². The summed E-state index contributed by atoms with van der Waals surface area (Å²) in [5, 5.41) is 3.85. The molecule has 0 aromatic heterocycles. The van der Waals surface area contributed by atoms with Crippen molar-refractivity contribution in [2.24, 2.45) is 11.3 Å². The topological polar surface area (TPSA) is 24.5 Å². The lowest BCUT2D eigenvalue weighted by molar-refractivity contribution is 0.115. The Balaban J connectivity index is 1.76. The predicted molar refractivity (Wildman–Crippen MR) is 75.8 cm³/mol. The molecule has 0 aromatic carbocycles. The van der Waals surface area contributed by atoms with E-state index in [4.69, 9.17) is 4.74 Å². The summed E-state index contributed by atoms with van der Waals surface area (Å²) < 4.78 is 5.23. The van der Waals surface area contributed by atoms with Gasteiger partial charge in [-0.15, -0.1) is 0 Å². The first-order chi connectivity index (χ1) is 8.56. The monoisotopic (exact) mass is 254 g/mol. The van der Waals surface area contributed by atoms with Gasteiger partial charge in [-0.25, -0.2) is 0 Å². The Morgan fingerprint density at radius 1 is 1.33 bits per heavy atom. The van der Waals surface area contributed by atoms with Crippen molar-refractivity contribution in [2.45, 2.75) is 51.6 Å². The second-order valence-electron chi connectivity index (χ2n) is 6.73. The molecule has 3 nitrogen and oxygen atoms in total. The quantitative estimate of drug-likeness (QED) is 0.786. The summed E-state index contributed by atoms with van der Waals surface area (Å²) in [7, 11) is 4.06. The van der Waals surface area contributed by atoms with Crippen molar-refractivity contribution in [1.29, 1.82) is 0 Å². The van der Waals surface area contributed by atoms with E-state index in [9.17, 15) is 0 Å². The van der Waals surface area contributed by atoms with Crippen molar-refractivity contribution >= 4 is 0 Å². The fraction of sp³-hybridized carbons (Fsp3) is 1.00. The van der Waals surface area contributed by atoms with Gasteiger partial charge in [0.1, 0.15) is 0 Å². The summed E-state index contributed by atoms with van der Waals surface area (Å²) in [6.45, 7) is 8.07. The molecule has 3 heteroatoms. The average molecular weight is 254 g/mol. The maximum Gasteiger partial charge on any atom is 0.0468 e. The van der Waals surface area contributed by atoms with E-state index in [1.165, 1.54) is 38.8 Å². The molecular weight excluding hydrogens is 224 g/mol. The lowest BCUT2D eigenvalue weighted by Crippen LogP contribution is -2.51. The molecule has 1 N–H and O–H groups in total. The van der Waals surface area contributed by atoms with Crippen LogP contribution < -0.4 is 5.32 Å². The number of nitrogens with one attached hydrogen (secondary N) is 1. The molecule has 0 aromatic rings. The number of hydrogen-bond acceptors (Lipinski definition) is 3. The van der Waals surface area contributed by atoms with Gasteiger partial charge in [0.15, 0.2) is 0 Å². The van der Waals surface area contributed by atoms with Crippen molar-refractivity contribution in [1.82, 2.24) is 10.2 Å². The first-order valence-corrected chi connectivity index (χ1v) is 7.49. The zero-order chi connectivity index (χ0) is 13.2. The number of rotatable bonds is 6. The van der Waals surface area contributed by atoms with Crippen LogP contribution in [0, 0.1) is 11.3 Å². The lowest BCUT2D eigenvalue weighted by atomic mass is 9.89. The molecule has 2 aliphatic rings. The fourth-order valence-corrected chi connectivity index (χ4v) is 3.18. The molecule has 3 unspecified atom stereocenters. The third-order valence-electron chi connectivity index (χ3n) is 5.14. The molecule has 2 fully saturated rings. The van der Waals surface area contributed by atoms with E-state index in [0.29, 0.717) is 17.5 Å². The van der Waals surface area contributed by atoms with E-state index < -0.39 is 0 Å². The zero-order valence-corrected chi connectivity index (χ0v) is 12.5. The molecular formula is C15H30N2O. The molecule has 1 saturated heterocycles. The molecule has 1 aliphatic heterocycles. The summed E-state index contributed by atoms with van der Waals surface area (Å²) in [6.07, 6.45) is 5.30. The van der Waals surface area contributed by atoms with Gasteiger partial charge in [-0.3, -0.25) is 0 Å². The highest BCUT2D eigenvalue weighted by atomic mass is 16.5. The Morgan fingerprint density at radius 2 is 2.06 bits per heavy atom. The maximum absolute atomic E-state index is 5.23. The van der Waals surface area contributed by atoms with Gasteiger partial charge < -0.3 is 15.0 Å². The van der Waals surface area contributed by atoms with Gasteiger partial charge in [0.25, 0.3) is 0 Å². The Morgan fingerprint density at radius 3 is 2.67 bits per heavy atom. The largest absolute Gasteiger partial charge is 0.385 e. The molecule has 1 saturated carbocycles. The van der Waals surface area contributed by atoms with Crippen LogP contribution in [0.5, 0.6) is 0 Å². The van der Waals surface area contributed by atoms with Crippen molar-refractivity contribution in [2.75, 3.05) is 33.9 Å². The van der Waals surface area contributed by atoms with Crippen LogP contribution in [-0.2, 0) is 4.74 Å². The van der Waals surface area contributed by atoms with E-state index in [1.54, 1.807) is 0 Å². The second kappa shape index (κ2) is 5.89. The van der Waals surface area contributed by atoms with Gasteiger partial charge in [0.2, 0.25) is 0 Å². The number of ether oxygens (including phenoxy) is 1.